The van der Waals surface area contributed by atoms with Gasteiger partial charge in [-0.15, -0.1) is 0 Å². The van der Waals surface area contributed by atoms with Gasteiger partial charge in [-0.25, -0.2) is 0 Å². The zero-order valence-electron chi connectivity index (χ0n) is 26.7. The van der Waals surface area contributed by atoms with Crippen LogP contribution in [-0.2, 0) is 5.41 Å². The quantitative estimate of drug-likeness (QED) is 0.290. The Hall–Kier alpha value is -3.03. The minimum Gasteiger partial charge on any atom is -0.169 e. The highest BCUT2D eigenvalue weighted by molar-refractivity contribution is 7.97. The van der Waals surface area contributed by atoms with E-state index in [1.807, 2.05) is 54.1 Å². The summed E-state index contributed by atoms with van der Waals surface area (Å²) in [6.07, 6.45) is 20.2. The van der Waals surface area contributed by atoms with Crippen molar-refractivity contribution < 1.29 is 0 Å². The number of hydrogen-bond donors (Lipinski definition) is 0. The maximum absolute atomic E-state index is 2.45. The standard InChI is InChI=1S/C31H28.C2H6S.3C2H6/c1-3-14-24(4-2)31(25-17-9-6-10-18-25)28-21-12-11-19-27(28)30-26(20-13-22-29(30)31)23-15-7-5-8-16-23;1-3-2;3*1-2/h3-5,7-9,11-22H,6,10H2,1-2H3;1-2H3;3*1-2H3/b14-3-,24-4+;;;;. The van der Waals surface area contributed by atoms with Crippen molar-refractivity contribution in [1.29, 1.82) is 0 Å². The normalized spacial score (nSPS) is 16.4. The first-order chi connectivity index (χ1) is 19.7. The molecule has 0 bridgehead atoms. The second-order valence-electron chi connectivity index (χ2n) is 8.68. The Balaban J connectivity index is 0.000000804. The van der Waals surface area contributed by atoms with Crippen LogP contribution >= 0.6 is 11.8 Å². The monoisotopic (exact) mass is 552 g/mol. The summed E-state index contributed by atoms with van der Waals surface area (Å²) in [5, 5.41) is 0. The molecule has 0 amide bonds. The van der Waals surface area contributed by atoms with Crippen molar-refractivity contribution in [2.24, 2.45) is 0 Å². The maximum Gasteiger partial charge on any atom is 0.0707 e. The van der Waals surface area contributed by atoms with E-state index < -0.39 is 0 Å². The van der Waals surface area contributed by atoms with Gasteiger partial charge < -0.3 is 0 Å². The lowest BCUT2D eigenvalue weighted by Gasteiger charge is -2.36. The first-order valence-electron chi connectivity index (χ1n) is 15.1. The molecule has 0 spiro atoms. The number of thioether (sulfide) groups is 1. The van der Waals surface area contributed by atoms with Crippen LogP contribution in [0.5, 0.6) is 0 Å². The van der Waals surface area contributed by atoms with Gasteiger partial charge in [0.25, 0.3) is 0 Å². The zero-order valence-corrected chi connectivity index (χ0v) is 27.5. The molecule has 214 valence electrons. The predicted octanol–water partition coefficient (Wildman–Crippen LogP) is 12.5. The summed E-state index contributed by atoms with van der Waals surface area (Å²) in [6.45, 7) is 16.3. The van der Waals surface area contributed by atoms with E-state index >= 15 is 0 Å². The number of rotatable bonds is 4. The van der Waals surface area contributed by atoms with Gasteiger partial charge in [-0.1, -0.05) is 151 Å². The van der Waals surface area contributed by atoms with Crippen LogP contribution in [0.15, 0.2) is 120 Å². The summed E-state index contributed by atoms with van der Waals surface area (Å²) in [5.41, 5.74) is 10.5. The van der Waals surface area contributed by atoms with Crippen molar-refractivity contribution in [2.45, 2.75) is 73.6 Å². The third-order valence-corrected chi connectivity index (χ3v) is 6.67. The van der Waals surface area contributed by atoms with Crippen LogP contribution in [0.2, 0.25) is 0 Å². The molecule has 5 rings (SSSR count). The molecule has 0 saturated heterocycles. The molecule has 0 aromatic heterocycles. The van der Waals surface area contributed by atoms with Gasteiger partial charge in [-0.2, -0.15) is 11.8 Å². The molecule has 1 unspecified atom stereocenters. The molecule has 0 radical (unpaired) electrons. The maximum atomic E-state index is 2.45. The number of benzene rings is 3. The van der Waals surface area contributed by atoms with Crippen molar-refractivity contribution in [1.82, 2.24) is 0 Å². The molecule has 2 aliphatic rings. The van der Waals surface area contributed by atoms with Crippen LogP contribution in [-0.4, -0.2) is 12.5 Å². The van der Waals surface area contributed by atoms with Crippen molar-refractivity contribution in [3.05, 3.63) is 132 Å². The van der Waals surface area contributed by atoms with Gasteiger partial charge in [-0.05, 0) is 83.7 Å². The summed E-state index contributed by atoms with van der Waals surface area (Å²) < 4.78 is 0. The van der Waals surface area contributed by atoms with Crippen LogP contribution in [0.25, 0.3) is 22.3 Å². The van der Waals surface area contributed by atoms with Gasteiger partial charge in [-0.3, -0.25) is 0 Å². The van der Waals surface area contributed by atoms with Crippen LogP contribution in [0, 0.1) is 0 Å². The van der Waals surface area contributed by atoms with E-state index in [1.165, 1.54) is 44.5 Å². The molecule has 0 saturated carbocycles. The SMILES string of the molecule is C/C=C\C(=C/C)C1(C2=CCCC=C2)c2ccccc2-c2c(-c3ccccc3)cccc21.CC.CC.CC.CSC. The van der Waals surface area contributed by atoms with E-state index in [0.29, 0.717) is 0 Å². The lowest BCUT2D eigenvalue weighted by molar-refractivity contribution is 0.748. The fourth-order valence-electron chi connectivity index (χ4n) is 5.48. The van der Waals surface area contributed by atoms with Crippen LogP contribution in [0.3, 0.4) is 0 Å². The molecule has 1 atom stereocenters. The molecule has 2 aliphatic carbocycles. The molecule has 3 aromatic rings. The largest absolute Gasteiger partial charge is 0.169 e. The van der Waals surface area contributed by atoms with E-state index in [4.69, 9.17) is 0 Å². The fraction of sp³-hybridized carbons (Fsp3) is 0.333. The van der Waals surface area contributed by atoms with Gasteiger partial charge in [0.1, 0.15) is 0 Å². The van der Waals surface area contributed by atoms with Crippen LogP contribution in [0.4, 0.5) is 0 Å². The molecular formula is C39H52S. The molecule has 0 nitrogen and oxygen atoms in total. The highest BCUT2D eigenvalue weighted by Gasteiger charge is 2.47. The molecule has 40 heavy (non-hydrogen) atoms. The van der Waals surface area contributed by atoms with E-state index in [0.717, 1.165) is 12.8 Å². The molecule has 0 N–H and O–H groups in total. The summed E-state index contributed by atoms with van der Waals surface area (Å²) >= 11 is 1.75. The third-order valence-electron chi connectivity index (χ3n) is 6.67. The van der Waals surface area contributed by atoms with Crippen molar-refractivity contribution in [3.8, 4) is 22.3 Å². The van der Waals surface area contributed by atoms with E-state index in [2.05, 4.69) is 123 Å². The minimum absolute atomic E-state index is 0.283. The lowest BCUT2D eigenvalue weighted by Crippen LogP contribution is -2.30. The predicted molar refractivity (Wildman–Crippen MR) is 187 cm³/mol. The third kappa shape index (κ3) is 7.18. The highest BCUT2D eigenvalue weighted by Crippen LogP contribution is 2.59. The second-order valence-corrected chi connectivity index (χ2v) is 9.50. The van der Waals surface area contributed by atoms with Gasteiger partial charge in [0.2, 0.25) is 0 Å². The van der Waals surface area contributed by atoms with Crippen LogP contribution < -0.4 is 0 Å². The van der Waals surface area contributed by atoms with E-state index in [-0.39, 0.29) is 5.41 Å². The Labute approximate surface area is 251 Å². The number of hydrogen-bond acceptors (Lipinski definition) is 1. The zero-order chi connectivity index (χ0) is 30.0. The number of allylic oxidation sites excluding steroid dienone is 8. The Morgan fingerprint density at radius 1 is 0.700 bits per heavy atom. The Morgan fingerprint density at radius 2 is 1.27 bits per heavy atom. The molecule has 0 aliphatic heterocycles. The fourth-order valence-corrected chi connectivity index (χ4v) is 5.48. The second kappa shape index (κ2) is 19.1. The van der Waals surface area contributed by atoms with Gasteiger partial charge in [0.05, 0.1) is 5.41 Å². The summed E-state index contributed by atoms with van der Waals surface area (Å²) in [6, 6.07) is 26.7. The molecule has 1 heteroatoms. The number of fused-ring (bicyclic) bond motifs is 3. The van der Waals surface area contributed by atoms with Gasteiger partial charge >= 0.3 is 0 Å². The Bertz CT molecular complexity index is 1250. The first-order valence-corrected chi connectivity index (χ1v) is 16.7. The highest BCUT2D eigenvalue weighted by atomic mass is 32.2. The Kier molecular flexibility index (Phi) is 16.7. The smallest absolute Gasteiger partial charge is 0.0707 e. The molecule has 0 heterocycles. The average Bonchev–Trinajstić information content (AvgIpc) is 3.35. The van der Waals surface area contributed by atoms with E-state index in [1.54, 1.807) is 11.8 Å². The molecular weight excluding hydrogens is 500 g/mol. The summed E-state index contributed by atoms with van der Waals surface area (Å²) in [7, 11) is 0. The topological polar surface area (TPSA) is 0 Å². The first kappa shape index (κ1) is 35.0. The van der Waals surface area contributed by atoms with Crippen molar-refractivity contribution in [3.63, 3.8) is 0 Å². The summed E-state index contributed by atoms with van der Waals surface area (Å²) in [5.74, 6) is 0. The molecule has 3 aromatic carbocycles. The minimum atomic E-state index is -0.283. The molecule has 0 fully saturated rings. The Morgan fingerprint density at radius 3 is 1.85 bits per heavy atom. The lowest BCUT2D eigenvalue weighted by atomic mass is 9.65. The van der Waals surface area contributed by atoms with Gasteiger partial charge in [0, 0.05) is 0 Å². The van der Waals surface area contributed by atoms with Crippen molar-refractivity contribution in [2.75, 3.05) is 12.5 Å². The van der Waals surface area contributed by atoms with Crippen molar-refractivity contribution >= 4 is 11.8 Å². The average molecular weight is 553 g/mol. The van der Waals surface area contributed by atoms with Gasteiger partial charge in [0.15, 0.2) is 0 Å². The van der Waals surface area contributed by atoms with Crippen LogP contribution in [0.1, 0.15) is 79.4 Å². The summed E-state index contributed by atoms with van der Waals surface area (Å²) in [4.78, 5) is 0. The van der Waals surface area contributed by atoms with E-state index in [9.17, 15) is 0 Å².